The summed E-state index contributed by atoms with van der Waals surface area (Å²) < 4.78 is 0. The summed E-state index contributed by atoms with van der Waals surface area (Å²) in [6.07, 6.45) is 3.83. The molecule has 1 saturated carbocycles. The lowest BCUT2D eigenvalue weighted by Gasteiger charge is -2.32. The average Bonchev–Trinajstić information content (AvgIpc) is 2.33. The molecule has 0 bridgehead atoms. The summed E-state index contributed by atoms with van der Waals surface area (Å²) in [6.45, 7) is 5.47. The summed E-state index contributed by atoms with van der Waals surface area (Å²) in [5.41, 5.74) is 1.02. The summed E-state index contributed by atoms with van der Waals surface area (Å²) in [6, 6.07) is 6.29. The molecule has 18 heavy (non-hydrogen) atoms. The van der Waals surface area contributed by atoms with Gasteiger partial charge in [-0.05, 0) is 43.2 Å². The Morgan fingerprint density at radius 3 is 2.39 bits per heavy atom. The molecule has 3 unspecified atom stereocenters. The van der Waals surface area contributed by atoms with E-state index in [-0.39, 0.29) is 0 Å². The Kier molecular flexibility index (Phi) is 4.94. The molecule has 1 aliphatic rings. The zero-order valence-corrected chi connectivity index (χ0v) is 12.6. The predicted octanol–water partition coefficient (Wildman–Crippen LogP) is 4.91. The summed E-state index contributed by atoms with van der Waals surface area (Å²) in [4.78, 5) is 0. The van der Waals surface area contributed by atoms with Crippen molar-refractivity contribution < 1.29 is 0 Å². The van der Waals surface area contributed by atoms with Crippen LogP contribution in [0.3, 0.4) is 0 Å². The Bertz CT molecular complexity index is 385. The molecule has 3 atom stereocenters. The van der Waals surface area contributed by atoms with E-state index in [4.69, 9.17) is 23.2 Å². The van der Waals surface area contributed by atoms with Crippen molar-refractivity contribution in [2.75, 3.05) is 0 Å². The van der Waals surface area contributed by atoms with Crippen molar-refractivity contribution in [3.63, 3.8) is 0 Å². The second-order valence-electron chi connectivity index (χ2n) is 5.55. The SMILES string of the molecule is CC1CCC(NCc2c(Cl)cccc2Cl)CC1C. The van der Waals surface area contributed by atoms with Crippen LogP contribution in [-0.2, 0) is 6.54 Å². The lowest BCUT2D eigenvalue weighted by atomic mass is 9.79. The van der Waals surface area contributed by atoms with Crippen molar-refractivity contribution >= 4 is 23.2 Å². The van der Waals surface area contributed by atoms with Gasteiger partial charge in [-0.3, -0.25) is 0 Å². The molecule has 2 rings (SSSR count). The quantitative estimate of drug-likeness (QED) is 0.832. The van der Waals surface area contributed by atoms with E-state index in [9.17, 15) is 0 Å². The van der Waals surface area contributed by atoms with Crippen molar-refractivity contribution in [1.82, 2.24) is 5.32 Å². The molecule has 1 aromatic rings. The van der Waals surface area contributed by atoms with Gasteiger partial charge in [-0.15, -0.1) is 0 Å². The van der Waals surface area contributed by atoms with Gasteiger partial charge in [0.1, 0.15) is 0 Å². The molecule has 0 aromatic heterocycles. The second-order valence-corrected chi connectivity index (χ2v) is 6.36. The highest BCUT2D eigenvalue weighted by Crippen LogP contribution is 2.30. The lowest BCUT2D eigenvalue weighted by Crippen LogP contribution is -2.35. The zero-order valence-electron chi connectivity index (χ0n) is 11.0. The normalized spacial score (nSPS) is 28.3. The minimum atomic E-state index is 0.600. The smallest absolute Gasteiger partial charge is 0.0465 e. The van der Waals surface area contributed by atoms with E-state index < -0.39 is 0 Å². The van der Waals surface area contributed by atoms with Gasteiger partial charge in [-0.1, -0.05) is 43.1 Å². The van der Waals surface area contributed by atoms with E-state index in [2.05, 4.69) is 19.2 Å². The topological polar surface area (TPSA) is 12.0 Å². The number of halogens is 2. The molecule has 1 fully saturated rings. The van der Waals surface area contributed by atoms with Gasteiger partial charge in [-0.25, -0.2) is 0 Å². The van der Waals surface area contributed by atoms with Gasteiger partial charge in [0.25, 0.3) is 0 Å². The maximum Gasteiger partial charge on any atom is 0.0465 e. The fraction of sp³-hybridized carbons (Fsp3) is 0.600. The summed E-state index contributed by atoms with van der Waals surface area (Å²) in [5.74, 6) is 1.66. The van der Waals surface area contributed by atoms with E-state index >= 15 is 0 Å². The molecule has 0 amide bonds. The van der Waals surface area contributed by atoms with Crippen LogP contribution in [-0.4, -0.2) is 6.04 Å². The van der Waals surface area contributed by atoms with Gasteiger partial charge in [0, 0.05) is 28.2 Å². The molecule has 0 heterocycles. The monoisotopic (exact) mass is 285 g/mol. The minimum absolute atomic E-state index is 0.600. The third-order valence-corrected chi connectivity index (χ3v) is 4.94. The Hall–Kier alpha value is -0.240. The average molecular weight is 286 g/mol. The molecule has 0 saturated heterocycles. The van der Waals surface area contributed by atoms with Crippen LogP contribution in [0.1, 0.15) is 38.7 Å². The van der Waals surface area contributed by atoms with Crippen LogP contribution < -0.4 is 5.32 Å². The van der Waals surface area contributed by atoms with Crippen LogP contribution in [0.25, 0.3) is 0 Å². The number of hydrogen-bond donors (Lipinski definition) is 1. The predicted molar refractivity (Wildman–Crippen MR) is 79.3 cm³/mol. The number of benzene rings is 1. The fourth-order valence-electron chi connectivity index (χ4n) is 2.68. The number of hydrogen-bond acceptors (Lipinski definition) is 1. The molecule has 1 aliphatic carbocycles. The van der Waals surface area contributed by atoms with Gasteiger partial charge in [0.2, 0.25) is 0 Å². The highest BCUT2D eigenvalue weighted by Gasteiger charge is 2.24. The maximum absolute atomic E-state index is 6.17. The summed E-state index contributed by atoms with van der Waals surface area (Å²) in [5, 5.41) is 5.12. The van der Waals surface area contributed by atoms with Gasteiger partial charge in [0.05, 0.1) is 0 Å². The van der Waals surface area contributed by atoms with Crippen LogP contribution in [0.2, 0.25) is 10.0 Å². The molecule has 100 valence electrons. The van der Waals surface area contributed by atoms with Gasteiger partial charge >= 0.3 is 0 Å². The van der Waals surface area contributed by atoms with Crippen LogP contribution in [0.4, 0.5) is 0 Å². The molecule has 0 aliphatic heterocycles. The largest absolute Gasteiger partial charge is 0.310 e. The summed E-state index contributed by atoms with van der Waals surface area (Å²) in [7, 11) is 0. The van der Waals surface area contributed by atoms with E-state index in [0.29, 0.717) is 6.04 Å². The highest BCUT2D eigenvalue weighted by atomic mass is 35.5. The first kappa shape index (κ1) is 14.2. The van der Waals surface area contributed by atoms with E-state index in [1.54, 1.807) is 0 Å². The van der Waals surface area contributed by atoms with Crippen molar-refractivity contribution in [3.05, 3.63) is 33.8 Å². The second kappa shape index (κ2) is 6.27. The number of nitrogens with one attached hydrogen (secondary N) is 1. The van der Waals surface area contributed by atoms with Gasteiger partial charge in [-0.2, -0.15) is 0 Å². The molecule has 1 N–H and O–H groups in total. The molecule has 0 spiro atoms. The fourth-order valence-corrected chi connectivity index (χ4v) is 3.21. The zero-order chi connectivity index (χ0) is 13.1. The van der Waals surface area contributed by atoms with Crippen LogP contribution in [0.5, 0.6) is 0 Å². The van der Waals surface area contributed by atoms with Gasteiger partial charge < -0.3 is 5.32 Å². The van der Waals surface area contributed by atoms with Crippen molar-refractivity contribution in [3.8, 4) is 0 Å². The van der Waals surface area contributed by atoms with Gasteiger partial charge in [0.15, 0.2) is 0 Å². The first-order chi connectivity index (χ1) is 8.58. The van der Waals surface area contributed by atoms with Crippen molar-refractivity contribution in [1.29, 1.82) is 0 Å². The van der Waals surface area contributed by atoms with Crippen molar-refractivity contribution in [2.24, 2.45) is 11.8 Å². The third-order valence-electron chi connectivity index (χ3n) is 4.23. The molecular formula is C15H21Cl2N. The van der Waals surface area contributed by atoms with Crippen LogP contribution in [0, 0.1) is 11.8 Å². The van der Waals surface area contributed by atoms with Crippen LogP contribution >= 0.6 is 23.2 Å². The first-order valence-corrected chi connectivity index (χ1v) is 7.49. The molecular weight excluding hydrogens is 265 g/mol. The van der Waals surface area contributed by atoms with E-state index in [1.165, 1.54) is 19.3 Å². The molecule has 1 nitrogen and oxygen atoms in total. The van der Waals surface area contributed by atoms with E-state index in [0.717, 1.165) is 34.0 Å². The minimum Gasteiger partial charge on any atom is -0.310 e. The van der Waals surface area contributed by atoms with Crippen LogP contribution in [0.15, 0.2) is 18.2 Å². The Balaban J connectivity index is 1.92. The highest BCUT2D eigenvalue weighted by molar-refractivity contribution is 6.35. The number of rotatable bonds is 3. The molecule has 1 aromatic carbocycles. The van der Waals surface area contributed by atoms with E-state index in [1.807, 2.05) is 18.2 Å². The third kappa shape index (κ3) is 3.40. The first-order valence-electron chi connectivity index (χ1n) is 6.74. The maximum atomic E-state index is 6.17. The molecule has 0 radical (unpaired) electrons. The summed E-state index contributed by atoms with van der Waals surface area (Å²) >= 11 is 12.3. The lowest BCUT2D eigenvalue weighted by molar-refractivity contribution is 0.225. The van der Waals surface area contributed by atoms with Crippen molar-refractivity contribution in [2.45, 2.75) is 45.7 Å². The standard InChI is InChI=1S/C15H21Cl2N/c1-10-6-7-12(8-11(10)2)18-9-13-14(16)4-3-5-15(13)17/h3-5,10-12,18H,6-9H2,1-2H3. The molecule has 3 heteroatoms. The Morgan fingerprint density at radius 2 is 1.78 bits per heavy atom. The Morgan fingerprint density at radius 1 is 1.11 bits per heavy atom. The Labute approximate surface area is 120 Å².